The maximum Gasteiger partial charge on any atom is 0.339 e. The topological polar surface area (TPSA) is 65.5 Å². The number of aryl methyl sites for hydroxylation is 1. The minimum atomic E-state index is -0.935. The highest BCUT2D eigenvalue weighted by atomic mass is 16.4. The maximum absolute atomic E-state index is 11.2. The van der Waals surface area contributed by atoms with Gasteiger partial charge in [0.05, 0.1) is 0 Å². The van der Waals surface area contributed by atoms with Gasteiger partial charge < -0.3 is 15.3 Å². The van der Waals surface area contributed by atoms with Crippen molar-refractivity contribution in [1.82, 2.24) is 9.88 Å². The summed E-state index contributed by atoms with van der Waals surface area (Å²) in [5.41, 5.74) is 1.07. The number of carboxylic acid groups (broad SMARTS) is 1. The molecule has 1 aliphatic rings. The van der Waals surface area contributed by atoms with Crippen LogP contribution in [0.5, 0.6) is 0 Å². The van der Waals surface area contributed by atoms with Gasteiger partial charge in [0.25, 0.3) is 0 Å². The molecule has 1 unspecified atom stereocenters. The second kappa shape index (κ2) is 6.22. The van der Waals surface area contributed by atoms with Crippen LogP contribution in [0.15, 0.2) is 12.1 Å². The Morgan fingerprint density at radius 1 is 1.55 bits per heavy atom. The van der Waals surface area contributed by atoms with E-state index in [1.54, 1.807) is 12.1 Å². The molecule has 1 aromatic rings. The van der Waals surface area contributed by atoms with Crippen molar-refractivity contribution in [3.63, 3.8) is 0 Å². The zero-order valence-corrected chi connectivity index (χ0v) is 12.4. The van der Waals surface area contributed by atoms with E-state index in [2.05, 4.69) is 29.0 Å². The molecule has 0 aromatic carbocycles. The van der Waals surface area contributed by atoms with E-state index >= 15 is 0 Å². The lowest BCUT2D eigenvalue weighted by molar-refractivity contribution is 0.0697. The number of nitrogens with one attached hydrogen (secondary N) is 1. The summed E-state index contributed by atoms with van der Waals surface area (Å²) in [6.45, 7) is 9.25. The molecule has 1 fully saturated rings. The Labute approximate surface area is 120 Å². The van der Waals surface area contributed by atoms with Crippen LogP contribution in [-0.4, -0.2) is 46.6 Å². The highest BCUT2D eigenvalue weighted by Crippen LogP contribution is 2.20. The van der Waals surface area contributed by atoms with Gasteiger partial charge in [-0.2, -0.15) is 0 Å². The van der Waals surface area contributed by atoms with Gasteiger partial charge in [-0.1, -0.05) is 0 Å². The van der Waals surface area contributed by atoms with Crippen molar-refractivity contribution in [2.24, 2.45) is 5.92 Å². The van der Waals surface area contributed by atoms with E-state index in [1.807, 2.05) is 6.92 Å². The quantitative estimate of drug-likeness (QED) is 0.864. The Bertz CT molecular complexity index is 488. The zero-order chi connectivity index (χ0) is 14.7. The average molecular weight is 277 g/mol. The van der Waals surface area contributed by atoms with Gasteiger partial charge in [-0.25, -0.2) is 9.78 Å². The molecule has 0 radical (unpaired) electrons. The molecule has 5 nitrogen and oxygen atoms in total. The maximum atomic E-state index is 11.2. The number of pyridine rings is 1. The minimum absolute atomic E-state index is 0.245. The Kier molecular flexibility index (Phi) is 4.60. The third-order valence-corrected chi connectivity index (χ3v) is 3.87. The molecule has 1 aromatic heterocycles. The molecular formula is C15H23N3O2. The highest BCUT2D eigenvalue weighted by molar-refractivity contribution is 5.93. The number of nitrogens with zero attached hydrogens (tertiary/aromatic N) is 2. The average Bonchev–Trinajstić information content (AvgIpc) is 2.85. The van der Waals surface area contributed by atoms with Gasteiger partial charge in [-0.05, 0) is 51.8 Å². The predicted molar refractivity (Wildman–Crippen MR) is 79.2 cm³/mol. The van der Waals surface area contributed by atoms with Crippen LogP contribution in [-0.2, 0) is 0 Å². The lowest BCUT2D eigenvalue weighted by atomic mass is 10.1. The van der Waals surface area contributed by atoms with Crippen molar-refractivity contribution in [2.45, 2.75) is 33.2 Å². The van der Waals surface area contributed by atoms with Crippen molar-refractivity contribution in [3.05, 3.63) is 23.4 Å². The Balaban J connectivity index is 1.98. The van der Waals surface area contributed by atoms with Crippen molar-refractivity contribution in [2.75, 3.05) is 25.0 Å². The second-order valence-electron chi connectivity index (χ2n) is 5.78. The number of carbonyl (C=O) groups is 1. The molecule has 110 valence electrons. The molecule has 0 bridgehead atoms. The van der Waals surface area contributed by atoms with Gasteiger partial charge in [-0.3, -0.25) is 0 Å². The number of aromatic nitrogens is 1. The lowest BCUT2D eigenvalue weighted by Crippen LogP contribution is -2.29. The molecule has 0 aliphatic carbocycles. The summed E-state index contributed by atoms with van der Waals surface area (Å²) in [5.74, 6) is 0.108. The Hall–Kier alpha value is -1.62. The van der Waals surface area contributed by atoms with E-state index < -0.39 is 5.97 Å². The summed E-state index contributed by atoms with van der Waals surface area (Å²) in [6.07, 6.45) is 1.15. The number of anilines is 1. The summed E-state index contributed by atoms with van der Waals surface area (Å²) in [5, 5.41) is 12.4. The van der Waals surface area contributed by atoms with E-state index in [0.717, 1.165) is 31.7 Å². The smallest absolute Gasteiger partial charge is 0.339 e. The van der Waals surface area contributed by atoms with E-state index in [-0.39, 0.29) is 5.56 Å². The molecule has 1 atom stereocenters. The predicted octanol–water partition coefficient (Wildman–Crippen LogP) is 2.23. The summed E-state index contributed by atoms with van der Waals surface area (Å²) in [7, 11) is 0. The largest absolute Gasteiger partial charge is 0.478 e. The van der Waals surface area contributed by atoms with E-state index in [1.165, 1.54) is 0 Å². The molecule has 5 heteroatoms. The summed E-state index contributed by atoms with van der Waals surface area (Å²) >= 11 is 0. The fourth-order valence-electron chi connectivity index (χ4n) is 2.60. The van der Waals surface area contributed by atoms with Crippen molar-refractivity contribution in [3.8, 4) is 0 Å². The van der Waals surface area contributed by atoms with Crippen molar-refractivity contribution in [1.29, 1.82) is 0 Å². The highest BCUT2D eigenvalue weighted by Gasteiger charge is 2.24. The van der Waals surface area contributed by atoms with Crippen LogP contribution >= 0.6 is 0 Å². The number of likely N-dealkylation sites (tertiary alicyclic amines) is 1. The third kappa shape index (κ3) is 3.48. The van der Waals surface area contributed by atoms with Gasteiger partial charge in [0.1, 0.15) is 11.4 Å². The number of carboxylic acids is 1. The normalized spacial score (nSPS) is 19.5. The van der Waals surface area contributed by atoms with Crippen LogP contribution < -0.4 is 5.32 Å². The molecule has 2 heterocycles. The molecule has 20 heavy (non-hydrogen) atoms. The number of hydrogen-bond acceptors (Lipinski definition) is 4. The van der Waals surface area contributed by atoms with E-state index in [4.69, 9.17) is 0 Å². The SMILES string of the molecule is Cc1ccc(C(=O)O)c(NCC2CCN(C(C)C)C2)n1. The second-order valence-corrected chi connectivity index (χ2v) is 5.78. The molecule has 2 N–H and O–H groups in total. The van der Waals surface area contributed by atoms with Crippen LogP contribution in [0.3, 0.4) is 0 Å². The fourth-order valence-corrected chi connectivity index (χ4v) is 2.60. The molecule has 0 saturated carbocycles. The zero-order valence-electron chi connectivity index (χ0n) is 12.4. The summed E-state index contributed by atoms with van der Waals surface area (Å²) in [4.78, 5) is 17.9. The molecule has 1 aliphatic heterocycles. The molecular weight excluding hydrogens is 254 g/mol. The van der Waals surface area contributed by atoms with Crippen LogP contribution in [0, 0.1) is 12.8 Å². The van der Waals surface area contributed by atoms with Gasteiger partial charge in [0, 0.05) is 24.8 Å². The lowest BCUT2D eigenvalue weighted by Gasteiger charge is -2.20. The van der Waals surface area contributed by atoms with Crippen molar-refractivity contribution >= 4 is 11.8 Å². The van der Waals surface area contributed by atoms with Crippen LogP contribution in [0.1, 0.15) is 36.3 Å². The summed E-state index contributed by atoms with van der Waals surface area (Å²) in [6, 6.07) is 3.92. The monoisotopic (exact) mass is 277 g/mol. The van der Waals surface area contributed by atoms with Gasteiger partial charge in [0.2, 0.25) is 0 Å². The number of aromatic carboxylic acids is 1. The standard InChI is InChI=1S/C15H23N3O2/c1-10(2)18-7-6-12(9-18)8-16-14-13(15(19)20)5-4-11(3)17-14/h4-5,10,12H,6-9H2,1-3H3,(H,16,17)(H,19,20). The van der Waals surface area contributed by atoms with Gasteiger partial charge >= 0.3 is 5.97 Å². The van der Waals surface area contributed by atoms with Gasteiger partial charge in [0.15, 0.2) is 0 Å². The molecule has 0 amide bonds. The van der Waals surface area contributed by atoms with Crippen molar-refractivity contribution < 1.29 is 9.90 Å². The third-order valence-electron chi connectivity index (χ3n) is 3.87. The minimum Gasteiger partial charge on any atom is -0.478 e. The molecule has 0 spiro atoms. The van der Waals surface area contributed by atoms with Gasteiger partial charge in [-0.15, -0.1) is 0 Å². The van der Waals surface area contributed by atoms with Crippen LogP contribution in [0.4, 0.5) is 5.82 Å². The summed E-state index contributed by atoms with van der Waals surface area (Å²) < 4.78 is 0. The van der Waals surface area contributed by atoms with Crippen LogP contribution in [0.25, 0.3) is 0 Å². The molecule has 2 rings (SSSR count). The first-order chi connectivity index (χ1) is 9.47. The first kappa shape index (κ1) is 14.8. The Morgan fingerprint density at radius 2 is 2.30 bits per heavy atom. The first-order valence-corrected chi connectivity index (χ1v) is 7.16. The number of rotatable bonds is 5. The molecule has 1 saturated heterocycles. The van der Waals surface area contributed by atoms with Crippen LogP contribution in [0.2, 0.25) is 0 Å². The van der Waals surface area contributed by atoms with E-state index in [9.17, 15) is 9.90 Å². The first-order valence-electron chi connectivity index (χ1n) is 7.16. The number of hydrogen-bond donors (Lipinski definition) is 2. The Morgan fingerprint density at radius 3 is 2.90 bits per heavy atom. The fraction of sp³-hybridized carbons (Fsp3) is 0.600. The van der Waals surface area contributed by atoms with E-state index in [0.29, 0.717) is 17.8 Å².